The predicted molar refractivity (Wildman–Crippen MR) is 101 cm³/mol. The minimum absolute atomic E-state index is 0.0604. The lowest BCUT2D eigenvalue weighted by molar-refractivity contribution is -0.137. The molecule has 1 atom stereocenters. The number of ether oxygens (including phenoxy) is 1. The standard InChI is InChI=1S/C20H21F3N4O/c1-3-27(15-5-4-14(10-24)19(9-15)20(21,22)23)16-6-7-26(13-16)17-8-18(28-2)12-25-11-17/h4-5,8-9,11-12,16H,3,6-7,13H2,1-2H3/t16-/m0/s1. The van der Waals surface area contributed by atoms with Crippen LogP contribution in [0.25, 0.3) is 0 Å². The lowest BCUT2D eigenvalue weighted by atomic mass is 10.1. The molecule has 0 radical (unpaired) electrons. The molecule has 1 aromatic heterocycles. The minimum Gasteiger partial charge on any atom is -0.495 e. The van der Waals surface area contributed by atoms with Crippen LogP contribution in [-0.4, -0.2) is 37.8 Å². The van der Waals surface area contributed by atoms with Crippen molar-refractivity contribution >= 4 is 11.4 Å². The lowest BCUT2D eigenvalue weighted by Gasteiger charge is -2.31. The number of anilines is 2. The first kappa shape index (κ1) is 19.8. The number of aromatic nitrogens is 1. The summed E-state index contributed by atoms with van der Waals surface area (Å²) in [7, 11) is 1.58. The summed E-state index contributed by atoms with van der Waals surface area (Å²) in [5, 5.41) is 9.00. The molecule has 5 nitrogen and oxygen atoms in total. The van der Waals surface area contributed by atoms with Crippen molar-refractivity contribution in [1.29, 1.82) is 5.26 Å². The highest BCUT2D eigenvalue weighted by atomic mass is 19.4. The van der Waals surface area contributed by atoms with Gasteiger partial charge in [-0.15, -0.1) is 0 Å². The molecule has 1 aliphatic rings. The first-order chi connectivity index (χ1) is 13.4. The molecule has 0 saturated carbocycles. The van der Waals surface area contributed by atoms with Crippen LogP contribution in [0, 0.1) is 11.3 Å². The van der Waals surface area contributed by atoms with Crippen molar-refractivity contribution in [2.45, 2.75) is 25.6 Å². The monoisotopic (exact) mass is 390 g/mol. The number of hydrogen-bond donors (Lipinski definition) is 0. The van der Waals surface area contributed by atoms with Gasteiger partial charge < -0.3 is 14.5 Å². The van der Waals surface area contributed by atoms with Crippen molar-refractivity contribution < 1.29 is 17.9 Å². The molecule has 28 heavy (non-hydrogen) atoms. The molecule has 1 saturated heterocycles. The molecule has 0 N–H and O–H groups in total. The summed E-state index contributed by atoms with van der Waals surface area (Å²) in [5.41, 5.74) is 0.152. The van der Waals surface area contributed by atoms with Crippen molar-refractivity contribution in [2.75, 3.05) is 36.5 Å². The van der Waals surface area contributed by atoms with Crippen LogP contribution in [0.5, 0.6) is 5.75 Å². The Kier molecular flexibility index (Phi) is 5.63. The predicted octanol–water partition coefficient (Wildman–Crippen LogP) is 4.09. The highest BCUT2D eigenvalue weighted by molar-refractivity contribution is 5.57. The largest absolute Gasteiger partial charge is 0.495 e. The van der Waals surface area contributed by atoms with E-state index in [9.17, 15) is 13.2 Å². The molecule has 148 valence electrons. The summed E-state index contributed by atoms with van der Waals surface area (Å²) in [6.07, 6.45) is -0.365. The normalized spacial score (nSPS) is 16.7. The SMILES string of the molecule is CCN(c1ccc(C#N)c(C(F)(F)F)c1)[C@H]1CCN(c2cncc(OC)c2)C1. The topological polar surface area (TPSA) is 52.4 Å². The van der Waals surface area contributed by atoms with E-state index in [0.29, 0.717) is 24.5 Å². The maximum atomic E-state index is 13.3. The van der Waals surface area contributed by atoms with Gasteiger partial charge >= 0.3 is 6.18 Å². The van der Waals surface area contributed by atoms with Crippen LogP contribution in [0.2, 0.25) is 0 Å². The molecule has 2 heterocycles. The first-order valence-corrected chi connectivity index (χ1v) is 8.99. The summed E-state index contributed by atoms with van der Waals surface area (Å²) in [5.74, 6) is 0.662. The number of pyridine rings is 1. The van der Waals surface area contributed by atoms with E-state index >= 15 is 0 Å². The third-order valence-corrected chi connectivity index (χ3v) is 5.01. The van der Waals surface area contributed by atoms with Crippen LogP contribution < -0.4 is 14.5 Å². The zero-order valence-electron chi connectivity index (χ0n) is 15.7. The first-order valence-electron chi connectivity index (χ1n) is 8.99. The smallest absolute Gasteiger partial charge is 0.417 e. The van der Waals surface area contributed by atoms with Gasteiger partial charge in [0.1, 0.15) is 5.75 Å². The minimum atomic E-state index is -4.56. The van der Waals surface area contributed by atoms with Gasteiger partial charge in [-0.1, -0.05) is 0 Å². The molecule has 0 aliphatic carbocycles. The molecule has 0 spiro atoms. The van der Waals surface area contributed by atoms with Crippen LogP contribution in [0.1, 0.15) is 24.5 Å². The molecule has 0 bridgehead atoms. The number of nitriles is 1. The summed E-state index contributed by atoms with van der Waals surface area (Å²) >= 11 is 0. The van der Waals surface area contributed by atoms with Crippen molar-refractivity contribution in [3.05, 3.63) is 47.8 Å². The second-order valence-electron chi connectivity index (χ2n) is 6.60. The van der Waals surface area contributed by atoms with Crippen molar-refractivity contribution in [3.8, 4) is 11.8 Å². The van der Waals surface area contributed by atoms with Crippen molar-refractivity contribution in [2.24, 2.45) is 0 Å². The molecule has 8 heteroatoms. The summed E-state index contributed by atoms with van der Waals surface area (Å²) in [6.45, 7) is 3.93. The number of hydrogen-bond acceptors (Lipinski definition) is 5. The van der Waals surface area contributed by atoms with Gasteiger partial charge in [-0.05, 0) is 31.5 Å². The summed E-state index contributed by atoms with van der Waals surface area (Å²) in [6, 6.07) is 7.51. The Balaban J connectivity index is 1.84. The van der Waals surface area contributed by atoms with Gasteiger partial charge in [-0.25, -0.2) is 0 Å². The maximum absolute atomic E-state index is 13.3. The molecular formula is C20H21F3N4O. The Morgan fingerprint density at radius 1 is 1.32 bits per heavy atom. The lowest BCUT2D eigenvalue weighted by Crippen LogP contribution is -2.37. The number of benzene rings is 1. The molecule has 0 unspecified atom stereocenters. The second-order valence-corrected chi connectivity index (χ2v) is 6.60. The van der Waals surface area contributed by atoms with Crippen LogP contribution in [0.3, 0.4) is 0 Å². The van der Waals surface area contributed by atoms with Crippen LogP contribution >= 0.6 is 0 Å². The van der Waals surface area contributed by atoms with Crippen LogP contribution in [-0.2, 0) is 6.18 Å². The summed E-state index contributed by atoms with van der Waals surface area (Å²) < 4.78 is 45.2. The number of methoxy groups -OCH3 is 1. The van der Waals surface area contributed by atoms with Crippen molar-refractivity contribution in [3.63, 3.8) is 0 Å². The van der Waals surface area contributed by atoms with E-state index in [4.69, 9.17) is 10.00 Å². The maximum Gasteiger partial charge on any atom is 0.417 e. The number of likely N-dealkylation sites (N-methyl/N-ethyl adjacent to an activating group) is 1. The zero-order valence-corrected chi connectivity index (χ0v) is 15.7. The van der Waals surface area contributed by atoms with Gasteiger partial charge in [0.05, 0.1) is 42.4 Å². The number of halogens is 3. The quantitative estimate of drug-likeness (QED) is 0.770. The van der Waals surface area contributed by atoms with E-state index < -0.39 is 11.7 Å². The molecule has 1 aliphatic heterocycles. The molecule has 0 amide bonds. The van der Waals surface area contributed by atoms with E-state index in [0.717, 1.165) is 24.7 Å². The van der Waals surface area contributed by atoms with E-state index in [-0.39, 0.29) is 11.6 Å². The average Bonchev–Trinajstić information content (AvgIpc) is 3.17. The number of rotatable bonds is 5. The fraction of sp³-hybridized carbons (Fsp3) is 0.400. The summed E-state index contributed by atoms with van der Waals surface area (Å²) in [4.78, 5) is 8.28. The van der Waals surface area contributed by atoms with Crippen LogP contribution in [0.4, 0.5) is 24.5 Å². The fourth-order valence-corrected chi connectivity index (χ4v) is 3.62. The van der Waals surface area contributed by atoms with Gasteiger partial charge in [0, 0.05) is 37.4 Å². The third kappa shape index (κ3) is 3.98. The van der Waals surface area contributed by atoms with Gasteiger partial charge in [0.15, 0.2) is 0 Å². The number of alkyl halides is 3. The highest BCUT2D eigenvalue weighted by Crippen LogP contribution is 2.36. The average molecular weight is 390 g/mol. The van der Waals surface area contributed by atoms with Crippen molar-refractivity contribution in [1.82, 2.24) is 4.98 Å². The molecule has 3 rings (SSSR count). The Hall–Kier alpha value is -2.95. The second kappa shape index (κ2) is 7.97. The van der Waals surface area contributed by atoms with E-state index in [2.05, 4.69) is 9.88 Å². The molecule has 2 aromatic rings. The Labute approximate surface area is 162 Å². The fourth-order valence-electron chi connectivity index (χ4n) is 3.62. The van der Waals surface area contributed by atoms with E-state index in [1.807, 2.05) is 17.9 Å². The van der Waals surface area contributed by atoms with E-state index in [1.165, 1.54) is 6.07 Å². The zero-order chi connectivity index (χ0) is 20.3. The van der Waals surface area contributed by atoms with Gasteiger partial charge in [0.2, 0.25) is 0 Å². The highest BCUT2D eigenvalue weighted by Gasteiger charge is 2.35. The Morgan fingerprint density at radius 3 is 2.75 bits per heavy atom. The molecular weight excluding hydrogens is 369 g/mol. The van der Waals surface area contributed by atoms with E-state index in [1.54, 1.807) is 31.6 Å². The van der Waals surface area contributed by atoms with Gasteiger partial charge in [0.25, 0.3) is 0 Å². The van der Waals surface area contributed by atoms with Gasteiger partial charge in [-0.3, -0.25) is 4.98 Å². The Morgan fingerprint density at radius 2 is 2.11 bits per heavy atom. The van der Waals surface area contributed by atoms with Gasteiger partial charge in [-0.2, -0.15) is 18.4 Å². The molecule has 1 fully saturated rings. The molecule has 1 aromatic carbocycles. The Bertz CT molecular complexity index is 878. The van der Waals surface area contributed by atoms with Crippen LogP contribution in [0.15, 0.2) is 36.7 Å². The number of nitrogens with zero attached hydrogens (tertiary/aromatic N) is 4. The third-order valence-electron chi connectivity index (χ3n) is 5.01.